The molecule has 1 heterocycles. The lowest BCUT2D eigenvalue weighted by molar-refractivity contribution is -0.145. The minimum atomic E-state index is -1.42. The second-order valence-corrected chi connectivity index (χ2v) is 5.57. The van der Waals surface area contributed by atoms with Crippen LogP contribution in [0.1, 0.15) is 6.42 Å². The summed E-state index contributed by atoms with van der Waals surface area (Å²) in [4.78, 5) is 34.9. The molecule has 1 unspecified atom stereocenters. The number of hydrogen-bond donors (Lipinski definition) is 4. The zero-order chi connectivity index (χ0) is 15.0. The van der Waals surface area contributed by atoms with Crippen molar-refractivity contribution in [1.82, 2.24) is 15.5 Å². The molecule has 0 bridgehead atoms. The van der Waals surface area contributed by atoms with Crippen molar-refractivity contribution in [3.8, 4) is 0 Å². The first-order chi connectivity index (χ1) is 9.49. The Hall–Kier alpha value is -1.48. The molecule has 1 atom stereocenters. The molecule has 4 N–H and O–H groups in total. The molecule has 1 saturated heterocycles. The Morgan fingerprint density at radius 3 is 2.40 bits per heavy atom. The Morgan fingerprint density at radius 1 is 1.20 bits per heavy atom. The number of nitrogens with zero attached hydrogens (tertiary/aromatic N) is 1. The maximum atomic E-state index is 11.5. The zero-order valence-electron chi connectivity index (χ0n) is 11.0. The number of carboxylic acids is 2. The van der Waals surface area contributed by atoms with Crippen LogP contribution in [0.2, 0.25) is 0 Å². The van der Waals surface area contributed by atoms with Crippen LogP contribution in [0, 0.1) is 0 Å². The summed E-state index contributed by atoms with van der Waals surface area (Å²) in [7, 11) is 0. The Labute approximate surface area is 120 Å². The minimum Gasteiger partial charge on any atom is -0.481 e. The normalized spacial score (nSPS) is 17.2. The van der Waals surface area contributed by atoms with Crippen molar-refractivity contribution in [2.75, 3.05) is 37.7 Å². The summed E-state index contributed by atoms with van der Waals surface area (Å²) < 4.78 is 0. The zero-order valence-corrected chi connectivity index (χ0v) is 11.8. The largest absolute Gasteiger partial charge is 0.481 e. The molecule has 0 radical (unpaired) electrons. The van der Waals surface area contributed by atoms with E-state index in [1.165, 1.54) is 0 Å². The van der Waals surface area contributed by atoms with Crippen LogP contribution in [0.25, 0.3) is 0 Å². The SMILES string of the molecule is O=C(O)CC(NC(=O)NCCN1CCSCC1)C(=O)O. The van der Waals surface area contributed by atoms with Gasteiger partial charge in [0.15, 0.2) is 0 Å². The van der Waals surface area contributed by atoms with Crippen LogP contribution in [-0.4, -0.2) is 76.8 Å². The first-order valence-corrected chi connectivity index (χ1v) is 7.43. The van der Waals surface area contributed by atoms with E-state index >= 15 is 0 Å². The molecular formula is C11H19N3O5S. The van der Waals surface area contributed by atoms with E-state index in [1.807, 2.05) is 11.8 Å². The number of carbonyl (C=O) groups is 3. The molecule has 0 aromatic carbocycles. The van der Waals surface area contributed by atoms with Gasteiger partial charge >= 0.3 is 18.0 Å². The molecule has 1 aliphatic rings. The first kappa shape index (κ1) is 16.6. The van der Waals surface area contributed by atoms with Crippen molar-refractivity contribution >= 4 is 29.7 Å². The third-order valence-electron chi connectivity index (χ3n) is 2.80. The van der Waals surface area contributed by atoms with E-state index in [0.717, 1.165) is 24.6 Å². The monoisotopic (exact) mass is 305 g/mol. The van der Waals surface area contributed by atoms with E-state index < -0.39 is 30.4 Å². The predicted molar refractivity (Wildman–Crippen MR) is 74.0 cm³/mol. The number of nitrogens with one attached hydrogen (secondary N) is 2. The lowest BCUT2D eigenvalue weighted by Gasteiger charge is -2.26. The van der Waals surface area contributed by atoms with Crippen LogP contribution in [0.3, 0.4) is 0 Å². The smallest absolute Gasteiger partial charge is 0.326 e. The second-order valence-electron chi connectivity index (χ2n) is 4.34. The minimum absolute atomic E-state index is 0.399. The van der Waals surface area contributed by atoms with Crippen molar-refractivity contribution in [3.05, 3.63) is 0 Å². The molecule has 20 heavy (non-hydrogen) atoms. The van der Waals surface area contributed by atoms with Gasteiger partial charge < -0.3 is 20.8 Å². The number of aliphatic carboxylic acids is 2. The number of amides is 2. The van der Waals surface area contributed by atoms with Crippen LogP contribution < -0.4 is 10.6 Å². The molecule has 1 rings (SSSR count). The Morgan fingerprint density at radius 2 is 1.85 bits per heavy atom. The highest BCUT2D eigenvalue weighted by molar-refractivity contribution is 7.99. The average Bonchev–Trinajstić information content (AvgIpc) is 2.38. The number of carboxylic acid groups (broad SMARTS) is 2. The Kier molecular flexibility index (Phi) is 7.16. The summed E-state index contributed by atoms with van der Waals surface area (Å²) in [5.74, 6) is -0.489. The molecular weight excluding hydrogens is 286 g/mol. The van der Waals surface area contributed by atoms with Crippen LogP contribution in [-0.2, 0) is 9.59 Å². The summed E-state index contributed by atoms with van der Waals surface area (Å²) in [6, 6.07) is -2.08. The summed E-state index contributed by atoms with van der Waals surface area (Å²) in [5, 5.41) is 22.0. The van der Waals surface area contributed by atoms with Gasteiger partial charge in [0.1, 0.15) is 6.04 Å². The molecule has 1 aliphatic heterocycles. The van der Waals surface area contributed by atoms with E-state index in [1.54, 1.807) is 0 Å². The van der Waals surface area contributed by atoms with Gasteiger partial charge in [-0.1, -0.05) is 0 Å². The number of carbonyl (C=O) groups excluding carboxylic acids is 1. The van der Waals surface area contributed by atoms with Gasteiger partial charge in [0.25, 0.3) is 0 Å². The third-order valence-corrected chi connectivity index (χ3v) is 3.74. The van der Waals surface area contributed by atoms with Crippen molar-refractivity contribution in [1.29, 1.82) is 0 Å². The molecule has 8 nitrogen and oxygen atoms in total. The van der Waals surface area contributed by atoms with E-state index in [4.69, 9.17) is 10.2 Å². The van der Waals surface area contributed by atoms with Crippen molar-refractivity contribution in [2.24, 2.45) is 0 Å². The summed E-state index contributed by atoms with van der Waals surface area (Å²) in [5.41, 5.74) is 0. The number of urea groups is 1. The molecule has 0 aromatic rings. The Bertz CT molecular complexity index is 360. The first-order valence-electron chi connectivity index (χ1n) is 6.28. The van der Waals surface area contributed by atoms with Crippen LogP contribution in [0.15, 0.2) is 0 Å². The molecule has 0 aliphatic carbocycles. The standard InChI is InChI=1S/C11H19N3O5S/c15-9(16)7-8(10(17)18)13-11(19)12-1-2-14-3-5-20-6-4-14/h8H,1-7H2,(H,15,16)(H,17,18)(H2,12,13,19). The van der Waals surface area contributed by atoms with Gasteiger partial charge in [0.05, 0.1) is 6.42 Å². The molecule has 2 amide bonds. The highest BCUT2D eigenvalue weighted by atomic mass is 32.2. The molecule has 114 valence electrons. The van der Waals surface area contributed by atoms with Gasteiger partial charge in [-0.3, -0.25) is 9.69 Å². The van der Waals surface area contributed by atoms with Gasteiger partial charge in [-0.25, -0.2) is 9.59 Å². The quantitative estimate of drug-likeness (QED) is 0.489. The predicted octanol–water partition coefficient (Wildman–Crippen LogP) is -0.738. The van der Waals surface area contributed by atoms with Gasteiger partial charge in [0, 0.05) is 37.7 Å². The van der Waals surface area contributed by atoms with E-state index in [2.05, 4.69) is 15.5 Å². The van der Waals surface area contributed by atoms with E-state index in [-0.39, 0.29) is 0 Å². The maximum Gasteiger partial charge on any atom is 0.326 e. The fourth-order valence-electron chi connectivity index (χ4n) is 1.74. The number of rotatable bonds is 7. The summed E-state index contributed by atoms with van der Waals surface area (Å²) in [6.07, 6.45) is -0.647. The fourth-order valence-corrected chi connectivity index (χ4v) is 2.72. The Balaban J connectivity index is 2.23. The summed E-state index contributed by atoms with van der Waals surface area (Å²) in [6.45, 7) is 3.05. The van der Waals surface area contributed by atoms with Crippen molar-refractivity contribution in [3.63, 3.8) is 0 Å². The molecule has 1 fully saturated rings. The maximum absolute atomic E-state index is 11.5. The number of thioether (sulfide) groups is 1. The van der Waals surface area contributed by atoms with Gasteiger partial charge in [0.2, 0.25) is 0 Å². The molecule has 0 aromatic heterocycles. The van der Waals surface area contributed by atoms with E-state index in [9.17, 15) is 14.4 Å². The van der Waals surface area contributed by atoms with Gasteiger partial charge in [-0.05, 0) is 0 Å². The van der Waals surface area contributed by atoms with Gasteiger partial charge in [-0.15, -0.1) is 0 Å². The van der Waals surface area contributed by atoms with E-state index in [0.29, 0.717) is 13.1 Å². The highest BCUT2D eigenvalue weighted by Gasteiger charge is 2.22. The number of hydrogen-bond acceptors (Lipinski definition) is 5. The van der Waals surface area contributed by atoms with Crippen LogP contribution >= 0.6 is 11.8 Å². The van der Waals surface area contributed by atoms with Crippen LogP contribution in [0.4, 0.5) is 4.79 Å². The summed E-state index contributed by atoms with van der Waals surface area (Å²) >= 11 is 1.89. The molecule has 0 spiro atoms. The fraction of sp³-hybridized carbons (Fsp3) is 0.727. The van der Waals surface area contributed by atoms with Crippen molar-refractivity contribution in [2.45, 2.75) is 12.5 Å². The molecule has 0 saturated carbocycles. The van der Waals surface area contributed by atoms with Crippen LogP contribution in [0.5, 0.6) is 0 Å². The lowest BCUT2D eigenvalue weighted by atomic mass is 10.2. The molecule has 9 heteroatoms. The third kappa shape index (κ3) is 6.62. The lowest BCUT2D eigenvalue weighted by Crippen LogP contribution is -2.48. The second kappa shape index (κ2) is 8.64. The highest BCUT2D eigenvalue weighted by Crippen LogP contribution is 2.07. The van der Waals surface area contributed by atoms with Gasteiger partial charge in [-0.2, -0.15) is 11.8 Å². The van der Waals surface area contributed by atoms with Crippen molar-refractivity contribution < 1.29 is 24.6 Å². The average molecular weight is 305 g/mol. The topological polar surface area (TPSA) is 119 Å².